The van der Waals surface area contributed by atoms with Crippen LogP contribution in [0.25, 0.3) is 0 Å². The first-order valence-corrected chi connectivity index (χ1v) is 9.26. The Labute approximate surface area is 161 Å². The zero-order valence-corrected chi connectivity index (χ0v) is 15.7. The van der Waals surface area contributed by atoms with Gasteiger partial charge in [-0.3, -0.25) is 4.79 Å². The maximum atomic E-state index is 12.9. The zero-order valence-electron chi connectivity index (χ0n) is 13.2. The Bertz CT molecular complexity index is 921. The number of halogens is 3. The lowest BCUT2D eigenvalue weighted by Gasteiger charge is -2.08. The van der Waals surface area contributed by atoms with Crippen LogP contribution in [0.15, 0.2) is 64.4 Å². The number of carbonyl (C=O) groups excluding carboxylic acids is 1. The van der Waals surface area contributed by atoms with Gasteiger partial charge in [-0.05, 0) is 57.9 Å². The fourth-order valence-corrected chi connectivity index (χ4v) is 3.17. The Morgan fingerprint density at radius 3 is 2.31 bits per heavy atom. The molecule has 0 saturated heterocycles. The number of thioether (sulfide) groups is 1. The lowest BCUT2D eigenvalue weighted by Crippen LogP contribution is -2.15. The average molecular weight is 436 g/mol. The average Bonchev–Trinajstić information content (AvgIpc) is 2.64. The van der Waals surface area contributed by atoms with Gasteiger partial charge in [0, 0.05) is 17.6 Å². The summed E-state index contributed by atoms with van der Waals surface area (Å²) in [4.78, 5) is 20.8. The number of nitrogens with one attached hydrogen (secondary N) is 1. The summed E-state index contributed by atoms with van der Waals surface area (Å²) < 4.78 is 26.3. The van der Waals surface area contributed by atoms with E-state index in [1.54, 1.807) is 12.1 Å². The molecule has 1 N–H and O–H groups in total. The third kappa shape index (κ3) is 4.86. The van der Waals surface area contributed by atoms with E-state index >= 15 is 0 Å². The maximum Gasteiger partial charge on any atom is 0.275 e. The summed E-state index contributed by atoms with van der Waals surface area (Å²) in [7, 11) is 0. The molecule has 0 atom stereocenters. The number of aromatic nitrogens is 2. The molecule has 4 nitrogen and oxygen atoms in total. The topological polar surface area (TPSA) is 54.9 Å². The number of benzene rings is 2. The Kier molecular flexibility index (Phi) is 5.95. The van der Waals surface area contributed by atoms with Gasteiger partial charge in [0.1, 0.15) is 17.3 Å². The molecule has 1 amide bonds. The van der Waals surface area contributed by atoms with Gasteiger partial charge in [-0.15, -0.1) is 0 Å². The minimum absolute atomic E-state index is 0.172. The molecular weight excluding hydrogens is 424 g/mol. The molecule has 0 unspecified atom stereocenters. The molecule has 0 spiro atoms. The highest BCUT2D eigenvalue weighted by Crippen LogP contribution is 2.23. The Morgan fingerprint density at radius 2 is 1.65 bits per heavy atom. The lowest BCUT2D eigenvalue weighted by atomic mass is 10.2. The minimum atomic E-state index is -0.436. The summed E-state index contributed by atoms with van der Waals surface area (Å²) in [5, 5.41) is 3.08. The van der Waals surface area contributed by atoms with Crippen molar-refractivity contribution in [2.45, 2.75) is 10.9 Å². The van der Waals surface area contributed by atoms with Crippen LogP contribution in [-0.2, 0) is 5.75 Å². The molecule has 0 radical (unpaired) electrons. The second-order valence-corrected chi connectivity index (χ2v) is 7.02. The smallest absolute Gasteiger partial charge is 0.275 e. The van der Waals surface area contributed by atoms with E-state index < -0.39 is 5.91 Å². The highest BCUT2D eigenvalue weighted by molar-refractivity contribution is 9.10. The van der Waals surface area contributed by atoms with E-state index in [4.69, 9.17) is 0 Å². The first-order valence-electron chi connectivity index (χ1n) is 7.48. The SMILES string of the molecule is O=C(Nc1ccc(F)cc1)c1nc(SCc2ccc(F)cc2)ncc1Br. The maximum absolute atomic E-state index is 12.9. The van der Waals surface area contributed by atoms with Crippen LogP contribution >= 0.6 is 27.7 Å². The fraction of sp³-hybridized carbons (Fsp3) is 0.0556. The van der Waals surface area contributed by atoms with Gasteiger partial charge < -0.3 is 5.32 Å². The van der Waals surface area contributed by atoms with E-state index in [1.807, 2.05) is 0 Å². The first kappa shape index (κ1) is 18.5. The van der Waals surface area contributed by atoms with E-state index in [0.29, 0.717) is 21.1 Å². The van der Waals surface area contributed by atoms with E-state index in [9.17, 15) is 13.6 Å². The fourth-order valence-electron chi connectivity index (χ4n) is 2.03. The summed E-state index contributed by atoms with van der Waals surface area (Å²) >= 11 is 4.60. The predicted octanol–water partition coefficient (Wildman–Crippen LogP) is 5.06. The summed E-state index contributed by atoms with van der Waals surface area (Å²) in [5.74, 6) is -0.570. The molecule has 0 aliphatic heterocycles. The van der Waals surface area contributed by atoms with Crippen LogP contribution < -0.4 is 5.32 Å². The van der Waals surface area contributed by atoms with Crippen LogP contribution in [0.4, 0.5) is 14.5 Å². The highest BCUT2D eigenvalue weighted by Gasteiger charge is 2.14. The van der Waals surface area contributed by atoms with E-state index in [2.05, 4.69) is 31.2 Å². The summed E-state index contributed by atoms with van der Waals surface area (Å²) in [6.45, 7) is 0. The van der Waals surface area contributed by atoms with Crippen molar-refractivity contribution < 1.29 is 13.6 Å². The molecular formula is C18H12BrF2N3OS. The normalized spacial score (nSPS) is 10.6. The summed E-state index contributed by atoms with van der Waals surface area (Å²) in [6.07, 6.45) is 1.50. The van der Waals surface area contributed by atoms with Gasteiger partial charge in [0.15, 0.2) is 5.16 Å². The van der Waals surface area contributed by atoms with Crippen LogP contribution in [0, 0.1) is 11.6 Å². The standard InChI is InChI=1S/C18H12BrF2N3OS/c19-15-9-22-18(26-10-11-1-3-12(20)4-2-11)24-16(15)17(25)23-14-7-5-13(21)6-8-14/h1-9H,10H2,(H,23,25). The molecule has 0 bridgehead atoms. The number of anilines is 1. The quantitative estimate of drug-likeness (QED) is 0.449. The molecule has 2 aromatic carbocycles. The van der Waals surface area contributed by atoms with Crippen molar-refractivity contribution in [2.75, 3.05) is 5.32 Å². The van der Waals surface area contributed by atoms with Crippen molar-refractivity contribution in [3.63, 3.8) is 0 Å². The van der Waals surface area contributed by atoms with Gasteiger partial charge >= 0.3 is 0 Å². The Hall–Kier alpha value is -2.32. The van der Waals surface area contributed by atoms with Crippen LogP contribution in [0.2, 0.25) is 0 Å². The molecule has 1 heterocycles. The molecule has 1 aromatic heterocycles. The van der Waals surface area contributed by atoms with Crippen molar-refractivity contribution >= 4 is 39.3 Å². The summed E-state index contributed by atoms with van der Waals surface area (Å²) in [5.41, 5.74) is 1.55. The van der Waals surface area contributed by atoms with Gasteiger partial charge in [0.25, 0.3) is 5.91 Å². The number of rotatable bonds is 5. The Balaban J connectivity index is 1.71. The Morgan fingerprint density at radius 1 is 1.04 bits per heavy atom. The lowest BCUT2D eigenvalue weighted by molar-refractivity contribution is 0.102. The van der Waals surface area contributed by atoms with Gasteiger partial charge in [-0.25, -0.2) is 18.7 Å². The molecule has 132 valence electrons. The second kappa shape index (κ2) is 8.37. The van der Waals surface area contributed by atoms with E-state index in [1.165, 1.54) is 54.4 Å². The molecule has 3 rings (SSSR count). The zero-order chi connectivity index (χ0) is 18.5. The highest BCUT2D eigenvalue weighted by atomic mass is 79.9. The largest absolute Gasteiger partial charge is 0.321 e. The monoisotopic (exact) mass is 435 g/mol. The third-order valence-corrected chi connectivity index (χ3v) is 4.83. The van der Waals surface area contributed by atoms with Gasteiger partial charge in [-0.1, -0.05) is 23.9 Å². The number of amides is 1. The number of carbonyl (C=O) groups is 1. The molecule has 0 aliphatic rings. The van der Waals surface area contributed by atoms with Crippen LogP contribution in [0.5, 0.6) is 0 Å². The van der Waals surface area contributed by atoms with Gasteiger partial charge in [-0.2, -0.15) is 0 Å². The van der Waals surface area contributed by atoms with E-state index in [0.717, 1.165) is 5.56 Å². The number of nitrogens with zero attached hydrogens (tertiary/aromatic N) is 2. The molecule has 8 heteroatoms. The third-order valence-electron chi connectivity index (χ3n) is 3.32. The second-order valence-electron chi connectivity index (χ2n) is 5.23. The van der Waals surface area contributed by atoms with Crippen LogP contribution in [-0.4, -0.2) is 15.9 Å². The predicted molar refractivity (Wildman–Crippen MR) is 100 cm³/mol. The van der Waals surface area contributed by atoms with Gasteiger partial charge in [0.2, 0.25) is 0 Å². The van der Waals surface area contributed by atoms with Crippen molar-refractivity contribution in [3.05, 3.63) is 82.1 Å². The number of hydrogen-bond donors (Lipinski definition) is 1. The minimum Gasteiger partial charge on any atom is -0.321 e. The van der Waals surface area contributed by atoms with Crippen molar-refractivity contribution in [2.24, 2.45) is 0 Å². The van der Waals surface area contributed by atoms with Crippen LogP contribution in [0.1, 0.15) is 16.1 Å². The van der Waals surface area contributed by atoms with Crippen LogP contribution in [0.3, 0.4) is 0 Å². The molecule has 3 aromatic rings. The van der Waals surface area contributed by atoms with Crippen molar-refractivity contribution in [3.8, 4) is 0 Å². The molecule has 26 heavy (non-hydrogen) atoms. The molecule has 0 saturated carbocycles. The van der Waals surface area contributed by atoms with Crippen molar-refractivity contribution in [1.82, 2.24) is 9.97 Å². The number of hydrogen-bond acceptors (Lipinski definition) is 4. The molecule has 0 aliphatic carbocycles. The van der Waals surface area contributed by atoms with Gasteiger partial charge in [0.05, 0.1) is 4.47 Å². The molecule has 0 fully saturated rings. The summed E-state index contributed by atoms with van der Waals surface area (Å²) in [6, 6.07) is 11.6. The van der Waals surface area contributed by atoms with E-state index in [-0.39, 0.29) is 17.3 Å². The first-order chi connectivity index (χ1) is 12.5. The van der Waals surface area contributed by atoms with Crippen molar-refractivity contribution in [1.29, 1.82) is 0 Å².